The molecule has 0 unspecified atom stereocenters. The molecule has 0 aromatic heterocycles. The van der Waals surface area contributed by atoms with Crippen molar-refractivity contribution in [2.45, 2.75) is 58.9 Å². The van der Waals surface area contributed by atoms with E-state index in [1.165, 1.54) is 0 Å². The van der Waals surface area contributed by atoms with Crippen molar-refractivity contribution >= 4 is 16.0 Å². The van der Waals surface area contributed by atoms with E-state index in [0.717, 1.165) is 0 Å². The topological polar surface area (TPSA) is 77.5 Å². The number of rotatable bonds is 12. The molecule has 0 bridgehead atoms. The van der Waals surface area contributed by atoms with Gasteiger partial charge in [0.25, 0.3) is 16.1 Å². The lowest BCUT2D eigenvalue weighted by Crippen LogP contribution is -2.75. The summed E-state index contributed by atoms with van der Waals surface area (Å²) in [6.07, 6.45) is -12.6. The summed E-state index contributed by atoms with van der Waals surface area (Å²) in [5, 5.41) is 1.50. The summed E-state index contributed by atoms with van der Waals surface area (Å²) in [5.41, 5.74) is -4.33. The summed E-state index contributed by atoms with van der Waals surface area (Å²) in [4.78, 5) is 10.3. The van der Waals surface area contributed by atoms with Crippen LogP contribution in [0.5, 0.6) is 0 Å². The van der Waals surface area contributed by atoms with E-state index in [1.54, 1.807) is 0 Å². The Bertz CT molecular complexity index is 1230. The molecular weight excluding hydrogens is 715 g/mol. The number of nitrogens with zero attached hydrogens (tertiary/aromatic N) is 1. The molecular formula is C14H3F23NO4S-. The van der Waals surface area contributed by atoms with Gasteiger partial charge in [0.2, 0.25) is 0 Å². The first-order valence-electron chi connectivity index (χ1n) is 8.90. The Hall–Kier alpha value is -2.49. The van der Waals surface area contributed by atoms with E-state index in [-0.39, 0.29) is 0 Å². The molecule has 0 aliphatic rings. The molecule has 0 N–H and O–H groups in total. The summed E-state index contributed by atoms with van der Waals surface area (Å²) in [5.74, 6) is -66.4. The van der Waals surface area contributed by atoms with Crippen LogP contribution in [0, 0.1) is 0 Å². The molecule has 0 spiro atoms. The Morgan fingerprint density at radius 3 is 1.09 bits per heavy atom. The van der Waals surface area contributed by atoms with Crippen molar-refractivity contribution in [1.82, 2.24) is 4.31 Å². The van der Waals surface area contributed by atoms with Crippen molar-refractivity contribution in [3.63, 3.8) is 0 Å². The standard InChI is InChI=1S/C14H4F23NO4S/c1-38(13(34,35)5(17,18)2(3(15)16)4(39)40)43(41,42)14(36,37)11(29,30)9(25,26)7(21,22)6(19,20)8(23,24)10(27,28)12(31,32)33/h1H3,(H,39,40)/p-1. The van der Waals surface area contributed by atoms with Gasteiger partial charge >= 0.3 is 58.9 Å². The normalized spacial score (nSPS) is 16.0. The van der Waals surface area contributed by atoms with Crippen molar-refractivity contribution < 1.29 is 119 Å². The fraction of sp³-hybridized carbons (Fsp3) is 0.786. The van der Waals surface area contributed by atoms with Gasteiger partial charge in [-0.05, 0) is 0 Å². The summed E-state index contributed by atoms with van der Waals surface area (Å²) in [7, 11) is -10.7. The molecule has 0 aliphatic heterocycles. The van der Waals surface area contributed by atoms with E-state index in [9.17, 15) is 119 Å². The first-order chi connectivity index (χ1) is 18.2. The Labute approximate surface area is 218 Å². The van der Waals surface area contributed by atoms with Crippen molar-refractivity contribution in [2.24, 2.45) is 0 Å². The molecule has 0 saturated carbocycles. The molecule has 0 atom stereocenters. The van der Waals surface area contributed by atoms with Gasteiger partial charge < -0.3 is 9.90 Å². The van der Waals surface area contributed by atoms with E-state index in [4.69, 9.17) is 0 Å². The molecule has 43 heavy (non-hydrogen) atoms. The lowest BCUT2D eigenvalue weighted by molar-refractivity contribution is -0.458. The highest BCUT2D eigenvalue weighted by Crippen LogP contribution is 2.64. The Kier molecular flexibility index (Phi) is 9.68. The van der Waals surface area contributed by atoms with Gasteiger partial charge in [0.05, 0.1) is 5.97 Å². The number of halogens is 23. The number of carbonyl (C=O) groups is 1. The fourth-order valence-corrected chi connectivity index (χ4v) is 3.52. The van der Waals surface area contributed by atoms with Crippen LogP contribution in [0.3, 0.4) is 0 Å². The largest absolute Gasteiger partial charge is 0.545 e. The molecule has 256 valence electrons. The number of carboxylic acids is 1. The van der Waals surface area contributed by atoms with Gasteiger partial charge in [0.15, 0.2) is 0 Å². The van der Waals surface area contributed by atoms with Gasteiger partial charge in [-0.2, -0.15) is 101 Å². The molecule has 5 nitrogen and oxygen atoms in total. The highest BCUT2D eigenvalue weighted by Gasteiger charge is 2.96. The first-order valence-corrected chi connectivity index (χ1v) is 10.3. The maximum absolute atomic E-state index is 14.0. The van der Waals surface area contributed by atoms with Crippen molar-refractivity contribution in [3.8, 4) is 0 Å². The number of sulfonamides is 1. The van der Waals surface area contributed by atoms with Crippen LogP contribution >= 0.6 is 0 Å². The van der Waals surface area contributed by atoms with Crippen LogP contribution in [0.15, 0.2) is 11.7 Å². The molecule has 0 aromatic rings. The first kappa shape index (κ1) is 40.5. The summed E-state index contributed by atoms with van der Waals surface area (Å²) in [6, 6.07) is -7.63. The van der Waals surface area contributed by atoms with E-state index in [0.29, 0.717) is 0 Å². The summed E-state index contributed by atoms with van der Waals surface area (Å²) >= 11 is 0. The average Bonchev–Trinajstić information content (AvgIpc) is 2.75. The summed E-state index contributed by atoms with van der Waals surface area (Å²) < 4.78 is 324. The van der Waals surface area contributed by atoms with Crippen LogP contribution in [-0.4, -0.2) is 84.7 Å². The second-order valence-corrected chi connectivity index (χ2v) is 9.48. The zero-order valence-corrected chi connectivity index (χ0v) is 19.5. The summed E-state index contributed by atoms with van der Waals surface area (Å²) in [6.45, 7) is 0. The van der Waals surface area contributed by atoms with Gasteiger partial charge in [0.1, 0.15) is 5.57 Å². The van der Waals surface area contributed by atoms with Gasteiger partial charge in [0, 0.05) is 7.05 Å². The third kappa shape index (κ3) is 5.09. The minimum absolute atomic E-state index is 1.61. The lowest BCUT2D eigenvalue weighted by Gasteiger charge is -2.43. The second-order valence-electron chi connectivity index (χ2n) is 7.47. The van der Waals surface area contributed by atoms with Crippen molar-refractivity contribution in [2.75, 3.05) is 7.05 Å². The van der Waals surface area contributed by atoms with Crippen molar-refractivity contribution in [1.29, 1.82) is 0 Å². The van der Waals surface area contributed by atoms with Gasteiger partial charge in [-0.25, -0.2) is 8.42 Å². The van der Waals surface area contributed by atoms with Crippen LogP contribution in [0.4, 0.5) is 101 Å². The van der Waals surface area contributed by atoms with Crippen molar-refractivity contribution in [3.05, 3.63) is 11.7 Å². The molecule has 0 amide bonds. The number of aliphatic carboxylic acids is 1. The van der Waals surface area contributed by atoms with Gasteiger partial charge in [-0.15, -0.1) is 4.31 Å². The SMILES string of the molecule is CN(C(F)(F)C(F)(F)C(C(=O)[O-])=C(F)F)S(=O)(=O)C(F)(F)C(F)(F)C(F)(F)C(F)(F)C(F)(F)C(F)(F)C(F)(F)C(F)(F)F. The maximum Gasteiger partial charge on any atom is 0.460 e. The van der Waals surface area contributed by atoms with Crippen LogP contribution in [-0.2, 0) is 14.8 Å². The third-order valence-corrected chi connectivity index (χ3v) is 6.71. The highest BCUT2D eigenvalue weighted by molar-refractivity contribution is 7.90. The van der Waals surface area contributed by atoms with Crippen LogP contribution in [0.25, 0.3) is 0 Å². The van der Waals surface area contributed by atoms with Crippen LogP contribution in [0.2, 0.25) is 0 Å². The molecule has 0 fully saturated rings. The van der Waals surface area contributed by atoms with Gasteiger partial charge in [-0.1, -0.05) is 0 Å². The Morgan fingerprint density at radius 2 is 0.837 bits per heavy atom. The molecule has 0 rings (SSSR count). The second kappa shape index (κ2) is 10.3. The molecule has 0 saturated heterocycles. The molecule has 0 heterocycles. The minimum atomic E-state index is -9.39. The zero-order chi connectivity index (χ0) is 35.8. The molecule has 29 heteroatoms. The average molecular weight is 718 g/mol. The smallest absolute Gasteiger partial charge is 0.460 e. The fourth-order valence-electron chi connectivity index (χ4n) is 2.31. The molecule has 0 aromatic carbocycles. The number of carboxylic acid groups (broad SMARTS) is 1. The van der Waals surface area contributed by atoms with E-state index < -0.39 is 97.9 Å². The molecule has 0 radical (unpaired) electrons. The predicted molar refractivity (Wildman–Crippen MR) is 81.5 cm³/mol. The van der Waals surface area contributed by atoms with E-state index in [1.807, 2.05) is 0 Å². The van der Waals surface area contributed by atoms with E-state index >= 15 is 0 Å². The monoisotopic (exact) mass is 718 g/mol. The lowest BCUT2D eigenvalue weighted by atomic mass is 9.91. The molecule has 0 aliphatic carbocycles. The van der Waals surface area contributed by atoms with Gasteiger partial charge in [-0.3, -0.25) is 0 Å². The maximum atomic E-state index is 14.0. The number of alkyl halides is 21. The Balaban J connectivity index is 7.39. The number of carbonyl (C=O) groups excluding carboxylic acids is 1. The third-order valence-electron chi connectivity index (χ3n) is 4.86. The minimum Gasteiger partial charge on any atom is -0.545 e. The number of hydrogen-bond donors (Lipinski definition) is 0. The van der Waals surface area contributed by atoms with Crippen LogP contribution in [0.1, 0.15) is 0 Å². The Morgan fingerprint density at radius 1 is 0.558 bits per heavy atom. The zero-order valence-electron chi connectivity index (χ0n) is 18.7. The predicted octanol–water partition coefficient (Wildman–Crippen LogP) is 5.34. The number of hydrogen-bond acceptors (Lipinski definition) is 4. The highest BCUT2D eigenvalue weighted by atomic mass is 32.2. The van der Waals surface area contributed by atoms with E-state index in [2.05, 4.69) is 0 Å². The van der Waals surface area contributed by atoms with Crippen LogP contribution < -0.4 is 5.11 Å². The quantitative estimate of drug-likeness (QED) is 0.155.